The number of ether oxygens (including phenoxy) is 2. The van der Waals surface area contributed by atoms with Crippen LogP contribution in [0.25, 0.3) is 11.1 Å². The average Bonchev–Trinajstić information content (AvgIpc) is 3.28. The highest BCUT2D eigenvalue weighted by molar-refractivity contribution is 8.45. The number of nitrogens with one attached hydrogen (secondary N) is 1. The summed E-state index contributed by atoms with van der Waals surface area (Å²) in [6, 6.07) is 3.84. The lowest BCUT2D eigenvalue weighted by molar-refractivity contribution is -0.140. The lowest BCUT2D eigenvalue weighted by Crippen LogP contribution is -2.17. The molecule has 0 spiro atoms. The van der Waals surface area contributed by atoms with E-state index in [9.17, 15) is 29.0 Å². The molecule has 1 aliphatic heterocycles. The molecule has 1 aromatic carbocycles. The van der Waals surface area contributed by atoms with Gasteiger partial charge in [0.15, 0.2) is 0 Å². The number of fused-ring (bicyclic) bond motifs is 2. The van der Waals surface area contributed by atoms with Gasteiger partial charge in [0.2, 0.25) is 5.88 Å². The molecular weight excluding hydrogens is 451 g/mol. The second kappa shape index (κ2) is 6.29. The normalized spacial score (nSPS) is 16.9. The van der Waals surface area contributed by atoms with Crippen LogP contribution in [0.15, 0.2) is 41.4 Å². The maximum atomic E-state index is 13.3. The van der Waals surface area contributed by atoms with Gasteiger partial charge in [0.25, 0.3) is 5.88 Å². The zero-order chi connectivity index (χ0) is 22.5. The van der Waals surface area contributed by atoms with Gasteiger partial charge in [-0.15, -0.1) is 5.10 Å². The lowest BCUT2D eigenvalue weighted by atomic mass is 10.1. The van der Waals surface area contributed by atoms with E-state index in [4.69, 9.17) is 9.47 Å². The molecule has 0 unspecified atom stereocenters. The lowest BCUT2D eigenvalue weighted by Gasteiger charge is -2.40. The Morgan fingerprint density at radius 3 is 2.39 bits per heavy atom. The highest BCUT2D eigenvalue weighted by Crippen LogP contribution is 3.02. The Morgan fingerprint density at radius 1 is 1.03 bits per heavy atom. The molecular formula is C17H13F5N4O4S. The Balaban J connectivity index is 1.93. The fraction of sp³-hybridized carbons (Fsp3) is 0.176. The molecule has 0 atom stereocenters. The summed E-state index contributed by atoms with van der Waals surface area (Å²) in [6.07, 6.45) is 0.713. The van der Waals surface area contributed by atoms with Crippen molar-refractivity contribution in [3.63, 3.8) is 0 Å². The van der Waals surface area contributed by atoms with E-state index >= 15 is 0 Å². The molecule has 3 aromatic rings. The molecule has 2 aromatic heterocycles. The summed E-state index contributed by atoms with van der Waals surface area (Å²) in [4.78, 5) is 22.0. The highest BCUT2D eigenvalue weighted by Gasteiger charge is 2.65. The van der Waals surface area contributed by atoms with Crippen molar-refractivity contribution in [2.75, 3.05) is 0 Å². The van der Waals surface area contributed by atoms with Gasteiger partial charge in [-0.25, -0.2) is 4.68 Å². The summed E-state index contributed by atoms with van der Waals surface area (Å²) in [5.41, 5.74) is -0.289. The quantitative estimate of drug-likeness (QED) is 0.448. The molecule has 14 heteroatoms. The third-order valence-corrected chi connectivity index (χ3v) is 5.42. The van der Waals surface area contributed by atoms with Crippen LogP contribution in [0.5, 0.6) is 11.8 Å². The standard InChI is InChI=1S/C17H13F5N4O4S/c18-31(19,20,21,22)12-3-1-2-10(8-12)15-16-25-26(9-11-6-7-23-24-11)17(15)30-14(28)5-4-13(27)29-16/h1-3,6-8H,4-5,9H2,(H,23,24). The third-order valence-electron chi connectivity index (χ3n) is 4.27. The van der Waals surface area contributed by atoms with Crippen LogP contribution in [0.3, 0.4) is 0 Å². The Kier molecular flexibility index (Phi) is 4.23. The average molecular weight is 464 g/mol. The van der Waals surface area contributed by atoms with E-state index in [-0.39, 0.29) is 43.0 Å². The molecule has 0 aliphatic carbocycles. The predicted molar refractivity (Wildman–Crippen MR) is 97.3 cm³/mol. The molecule has 0 amide bonds. The summed E-state index contributed by atoms with van der Waals surface area (Å²) in [5.74, 6) is -2.60. The summed E-state index contributed by atoms with van der Waals surface area (Å²) in [6.45, 7) is -0.0889. The number of halogens is 5. The smallest absolute Gasteiger partial charge is 0.313 e. The second-order valence-corrected chi connectivity index (χ2v) is 9.08. The van der Waals surface area contributed by atoms with Gasteiger partial charge in [0.05, 0.1) is 25.1 Å². The molecule has 166 valence electrons. The van der Waals surface area contributed by atoms with E-state index in [1.807, 2.05) is 0 Å². The van der Waals surface area contributed by atoms with Gasteiger partial charge in [0.1, 0.15) is 10.5 Å². The van der Waals surface area contributed by atoms with Crippen molar-refractivity contribution in [3.8, 4) is 22.9 Å². The number of aromatic amines is 1. The number of H-pyrrole nitrogens is 1. The van der Waals surface area contributed by atoms with Gasteiger partial charge < -0.3 is 9.47 Å². The summed E-state index contributed by atoms with van der Waals surface area (Å²) in [5, 5.41) is 10.4. The number of hydrogen-bond donors (Lipinski definition) is 1. The van der Waals surface area contributed by atoms with Gasteiger partial charge >= 0.3 is 22.2 Å². The van der Waals surface area contributed by atoms with Crippen molar-refractivity contribution in [3.05, 3.63) is 42.2 Å². The minimum atomic E-state index is -10.0. The Labute approximate surface area is 170 Å². The van der Waals surface area contributed by atoms with Crippen molar-refractivity contribution in [2.24, 2.45) is 0 Å². The molecule has 2 bridgehead atoms. The summed E-state index contributed by atoms with van der Waals surface area (Å²) < 4.78 is 78.0. The van der Waals surface area contributed by atoms with E-state index in [0.29, 0.717) is 5.69 Å². The number of aromatic nitrogens is 4. The Bertz CT molecular complexity index is 1190. The van der Waals surface area contributed by atoms with Gasteiger partial charge in [-0.3, -0.25) is 14.7 Å². The van der Waals surface area contributed by atoms with Crippen LogP contribution in [0.1, 0.15) is 18.5 Å². The monoisotopic (exact) mass is 464 g/mol. The van der Waals surface area contributed by atoms with Crippen LogP contribution in [-0.4, -0.2) is 31.9 Å². The van der Waals surface area contributed by atoms with Crippen molar-refractivity contribution in [1.29, 1.82) is 0 Å². The summed E-state index contributed by atoms with van der Waals surface area (Å²) in [7, 11) is -10.0. The van der Waals surface area contributed by atoms with E-state index in [1.165, 1.54) is 6.20 Å². The molecule has 0 fully saturated rings. The predicted octanol–water partition coefficient (Wildman–Crippen LogP) is 4.58. The first kappa shape index (κ1) is 20.8. The molecule has 3 heterocycles. The zero-order valence-corrected chi connectivity index (χ0v) is 16.2. The van der Waals surface area contributed by atoms with Crippen molar-refractivity contribution in [1.82, 2.24) is 20.0 Å². The third kappa shape index (κ3) is 4.38. The van der Waals surface area contributed by atoms with Gasteiger partial charge in [-0.05, 0) is 23.8 Å². The molecule has 0 radical (unpaired) electrons. The number of benzene rings is 1. The number of rotatable bonds is 4. The van der Waals surface area contributed by atoms with E-state index in [1.54, 1.807) is 6.07 Å². The molecule has 1 aliphatic rings. The van der Waals surface area contributed by atoms with Crippen molar-refractivity contribution < 1.29 is 38.5 Å². The van der Waals surface area contributed by atoms with E-state index in [2.05, 4.69) is 15.3 Å². The summed E-state index contributed by atoms with van der Waals surface area (Å²) >= 11 is 0. The topological polar surface area (TPSA) is 99.1 Å². The fourth-order valence-corrected chi connectivity index (χ4v) is 3.59. The number of hydrogen-bond acceptors (Lipinski definition) is 6. The number of carbonyl (C=O) groups is 2. The number of nitrogens with zero attached hydrogens (tertiary/aromatic N) is 3. The SMILES string of the molecule is O=C1CCC(=O)Oc2c(-c3cccc(S(F)(F)(F)(F)F)c3)c(nn2Cc2ccn[nH]2)O1. The van der Waals surface area contributed by atoms with Crippen LogP contribution >= 0.6 is 10.2 Å². The first-order valence-electron chi connectivity index (χ1n) is 8.65. The molecule has 0 saturated carbocycles. The van der Waals surface area contributed by atoms with Crippen molar-refractivity contribution >= 4 is 22.2 Å². The van der Waals surface area contributed by atoms with Crippen LogP contribution in [0, 0.1) is 0 Å². The number of carbonyl (C=O) groups excluding carboxylic acids is 2. The van der Waals surface area contributed by atoms with Crippen molar-refractivity contribution in [2.45, 2.75) is 24.3 Å². The molecule has 1 N–H and O–H groups in total. The van der Waals surface area contributed by atoms with Crippen LogP contribution in [0.4, 0.5) is 19.4 Å². The molecule has 0 saturated heterocycles. The number of esters is 2. The van der Waals surface area contributed by atoms with Crippen LogP contribution in [-0.2, 0) is 16.1 Å². The minimum Gasteiger partial charge on any atom is -0.407 e. The van der Waals surface area contributed by atoms with E-state index in [0.717, 1.165) is 16.8 Å². The van der Waals surface area contributed by atoms with Gasteiger partial charge in [0, 0.05) is 6.20 Å². The molecule has 4 rings (SSSR count). The molecule has 31 heavy (non-hydrogen) atoms. The van der Waals surface area contributed by atoms with E-state index < -0.39 is 38.5 Å². The van der Waals surface area contributed by atoms with Gasteiger partial charge in [-0.1, -0.05) is 31.6 Å². The first-order chi connectivity index (χ1) is 14.3. The fourth-order valence-electron chi connectivity index (χ4n) is 2.90. The largest absolute Gasteiger partial charge is 0.407 e. The minimum absolute atomic E-state index is 0.0889. The highest BCUT2D eigenvalue weighted by atomic mass is 32.5. The Morgan fingerprint density at radius 2 is 1.74 bits per heavy atom. The maximum absolute atomic E-state index is 13.3. The second-order valence-electron chi connectivity index (χ2n) is 6.67. The first-order valence-corrected chi connectivity index (χ1v) is 10.6. The van der Waals surface area contributed by atoms with Crippen LogP contribution < -0.4 is 9.47 Å². The molecule has 8 nitrogen and oxygen atoms in total. The zero-order valence-electron chi connectivity index (χ0n) is 15.4. The Hall–Kier alpha value is -3.42. The maximum Gasteiger partial charge on any atom is 0.313 e. The van der Waals surface area contributed by atoms with Crippen LogP contribution in [0.2, 0.25) is 0 Å². The van der Waals surface area contributed by atoms with Gasteiger partial charge in [-0.2, -0.15) is 5.10 Å².